The van der Waals surface area contributed by atoms with E-state index in [1.807, 2.05) is 0 Å². The van der Waals surface area contributed by atoms with Crippen LogP contribution in [0.1, 0.15) is 47.5 Å². The predicted octanol–water partition coefficient (Wildman–Crippen LogP) is 2.63. The maximum Gasteiger partial charge on any atom is -0.000815 e. The first-order valence-corrected chi connectivity index (χ1v) is 6.29. The van der Waals surface area contributed by atoms with Crippen molar-refractivity contribution < 1.29 is 0 Å². The molecule has 0 amide bonds. The largest absolute Gasteiger partial charge is 0.330 e. The van der Waals surface area contributed by atoms with Crippen molar-refractivity contribution in [2.75, 3.05) is 19.6 Å². The molecule has 0 saturated carbocycles. The molecular weight excluding hydrogens is 184 g/mol. The normalized spacial score (nSPS) is 16.4. The van der Waals surface area contributed by atoms with Crippen LogP contribution < -0.4 is 11.1 Å². The Bertz CT molecular complexity index is 149. The zero-order chi connectivity index (χ0) is 11.9. The van der Waals surface area contributed by atoms with E-state index in [2.05, 4.69) is 39.9 Å². The SMILES string of the molecule is CCC(C)CNCC(CN)CC(C)(C)C. The summed E-state index contributed by atoms with van der Waals surface area (Å²) in [6, 6.07) is 0. The van der Waals surface area contributed by atoms with Crippen LogP contribution >= 0.6 is 0 Å². The van der Waals surface area contributed by atoms with Gasteiger partial charge < -0.3 is 11.1 Å². The number of rotatable bonds is 7. The van der Waals surface area contributed by atoms with Gasteiger partial charge in [0.2, 0.25) is 0 Å². The molecule has 0 fully saturated rings. The molecule has 2 atom stereocenters. The van der Waals surface area contributed by atoms with Gasteiger partial charge in [-0.3, -0.25) is 0 Å². The first kappa shape index (κ1) is 14.9. The average Bonchev–Trinajstić information content (AvgIpc) is 2.14. The minimum atomic E-state index is 0.391. The molecule has 92 valence electrons. The maximum absolute atomic E-state index is 5.79. The van der Waals surface area contributed by atoms with Crippen molar-refractivity contribution in [2.45, 2.75) is 47.5 Å². The van der Waals surface area contributed by atoms with E-state index in [4.69, 9.17) is 5.73 Å². The molecule has 0 aliphatic rings. The van der Waals surface area contributed by atoms with Crippen molar-refractivity contribution in [3.63, 3.8) is 0 Å². The molecule has 2 unspecified atom stereocenters. The van der Waals surface area contributed by atoms with Crippen LogP contribution in [0.3, 0.4) is 0 Å². The third-order valence-electron chi connectivity index (χ3n) is 2.86. The molecule has 0 spiro atoms. The molecule has 0 aromatic heterocycles. The second-order valence-corrected chi connectivity index (χ2v) is 6.04. The standard InChI is InChI=1S/C13H30N2/c1-6-11(2)9-15-10-12(8-14)7-13(3,4)5/h11-12,15H,6-10,14H2,1-5H3. The van der Waals surface area contributed by atoms with E-state index in [0.717, 1.165) is 25.6 Å². The highest BCUT2D eigenvalue weighted by Crippen LogP contribution is 2.23. The van der Waals surface area contributed by atoms with Gasteiger partial charge in [-0.1, -0.05) is 41.0 Å². The summed E-state index contributed by atoms with van der Waals surface area (Å²) in [7, 11) is 0. The highest BCUT2D eigenvalue weighted by molar-refractivity contribution is 4.72. The van der Waals surface area contributed by atoms with Gasteiger partial charge in [0.25, 0.3) is 0 Å². The second-order valence-electron chi connectivity index (χ2n) is 6.04. The third-order valence-corrected chi connectivity index (χ3v) is 2.86. The summed E-state index contributed by atoms with van der Waals surface area (Å²) in [5.41, 5.74) is 6.18. The Kier molecular flexibility index (Phi) is 7.20. The fraction of sp³-hybridized carbons (Fsp3) is 1.00. The van der Waals surface area contributed by atoms with Crippen molar-refractivity contribution in [1.29, 1.82) is 0 Å². The Labute approximate surface area is 96.0 Å². The molecule has 0 aliphatic heterocycles. The first-order chi connectivity index (χ1) is 6.89. The summed E-state index contributed by atoms with van der Waals surface area (Å²) in [6.07, 6.45) is 2.45. The molecule has 0 aliphatic carbocycles. The van der Waals surface area contributed by atoms with Crippen LogP contribution in [0.4, 0.5) is 0 Å². The fourth-order valence-corrected chi connectivity index (χ4v) is 1.78. The monoisotopic (exact) mass is 214 g/mol. The smallest absolute Gasteiger partial charge is 0.000815 e. The summed E-state index contributed by atoms with van der Waals surface area (Å²) >= 11 is 0. The van der Waals surface area contributed by atoms with Crippen LogP contribution in [0.15, 0.2) is 0 Å². The second kappa shape index (κ2) is 7.24. The molecule has 3 N–H and O–H groups in total. The average molecular weight is 214 g/mol. The van der Waals surface area contributed by atoms with Crippen LogP contribution in [0.2, 0.25) is 0 Å². The van der Waals surface area contributed by atoms with Gasteiger partial charge in [0.15, 0.2) is 0 Å². The number of nitrogens with one attached hydrogen (secondary N) is 1. The van der Waals surface area contributed by atoms with Gasteiger partial charge in [0.05, 0.1) is 0 Å². The van der Waals surface area contributed by atoms with E-state index in [9.17, 15) is 0 Å². The van der Waals surface area contributed by atoms with Crippen LogP contribution in [-0.2, 0) is 0 Å². The zero-order valence-corrected chi connectivity index (χ0v) is 11.3. The molecule has 0 radical (unpaired) electrons. The number of hydrogen-bond acceptors (Lipinski definition) is 2. The van der Waals surface area contributed by atoms with Gasteiger partial charge >= 0.3 is 0 Å². The zero-order valence-electron chi connectivity index (χ0n) is 11.3. The lowest BCUT2D eigenvalue weighted by Crippen LogP contribution is -2.33. The Morgan fingerprint density at radius 3 is 2.20 bits per heavy atom. The Hall–Kier alpha value is -0.0800. The Morgan fingerprint density at radius 2 is 1.80 bits per heavy atom. The van der Waals surface area contributed by atoms with E-state index in [-0.39, 0.29) is 0 Å². The van der Waals surface area contributed by atoms with Gasteiger partial charge in [-0.25, -0.2) is 0 Å². The molecule has 2 heteroatoms. The molecule has 0 rings (SSSR count). The maximum atomic E-state index is 5.79. The number of nitrogens with two attached hydrogens (primary N) is 1. The first-order valence-electron chi connectivity index (χ1n) is 6.29. The minimum absolute atomic E-state index is 0.391. The van der Waals surface area contributed by atoms with Gasteiger partial charge in [0, 0.05) is 0 Å². The van der Waals surface area contributed by atoms with E-state index in [1.165, 1.54) is 12.8 Å². The van der Waals surface area contributed by atoms with E-state index in [0.29, 0.717) is 11.3 Å². The highest BCUT2D eigenvalue weighted by atomic mass is 14.9. The minimum Gasteiger partial charge on any atom is -0.330 e. The summed E-state index contributed by atoms with van der Waals surface area (Å²) < 4.78 is 0. The molecule has 0 saturated heterocycles. The fourth-order valence-electron chi connectivity index (χ4n) is 1.78. The lowest BCUT2D eigenvalue weighted by atomic mass is 9.84. The van der Waals surface area contributed by atoms with Gasteiger partial charge in [-0.15, -0.1) is 0 Å². The molecule has 0 aromatic rings. The van der Waals surface area contributed by atoms with E-state index in [1.54, 1.807) is 0 Å². The van der Waals surface area contributed by atoms with E-state index < -0.39 is 0 Å². The van der Waals surface area contributed by atoms with Crippen LogP contribution in [0, 0.1) is 17.3 Å². The molecule has 2 nitrogen and oxygen atoms in total. The summed E-state index contributed by atoms with van der Waals surface area (Å²) in [5, 5.41) is 3.53. The Morgan fingerprint density at radius 1 is 1.20 bits per heavy atom. The van der Waals surface area contributed by atoms with Crippen LogP contribution in [0.25, 0.3) is 0 Å². The Balaban J connectivity index is 3.71. The van der Waals surface area contributed by atoms with Crippen molar-refractivity contribution in [1.82, 2.24) is 5.32 Å². The topological polar surface area (TPSA) is 38.0 Å². The molecular formula is C13H30N2. The lowest BCUT2D eigenvalue weighted by Gasteiger charge is -2.25. The van der Waals surface area contributed by atoms with Crippen LogP contribution in [0.5, 0.6) is 0 Å². The number of hydrogen-bond donors (Lipinski definition) is 2. The van der Waals surface area contributed by atoms with Crippen molar-refractivity contribution >= 4 is 0 Å². The molecule has 0 aromatic carbocycles. The van der Waals surface area contributed by atoms with Crippen LogP contribution in [-0.4, -0.2) is 19.6 Å². The van der Waals surface area contributed by atoms with Gasteiger partial charge in [-0.05, 0) is 43.3 Å². The predicted molar refractivity (Wildman–Crippen MR) is 68.9 cm³/mol. The van der Waals surface area contributed by atoms with E-state index >= 15 is 0 Å². The molecule has 15 heavy (non-hydrogen) atoms. The van der Waals surface area contributed by atoms with Crippen molar-refractivity contribution in [3.05, 3.63) is 0 Å². The summed E-state index contributed by atoms with van der Waals surface area (Å²) in [5.74, 6) is 1.40. The van der Waals surface area contributed by atoms with Gasteiger partial charge in [-0.2, -0.15) is 0 Å². The van der Waals surface area contributed by atoms with Crippen molar-refractivity contribution in [3.8, 4) is 0 Å². The lowest BCUT2D eigenvalue weighted by molar-refractivity contribution is 0.286. The quantitative estimate of drug-likeness (QED) is 0.684. The van der Waals surface area contributed by atoms with Gasteiger partial charge in [0.1, 0.15) is 0 Å². The molecule has 0 heterocycles. The van der Waals surface area contributed by atoms with Crippen molar-refractivity contribution in [2.24, 2.45) is 23.0 Å². The third kappa shape index (κ3) is 8.88. The highest BCUT2D eigenvalue weighted by Gasteiger charge is 2.17. The summed E-state index contributed by atoms with van der Waals surface area (Å²) in [6.45, 7) is 14.4. The summed E-state index contributed by atoms with van der Waals surface area (Å²) in [4.78, 5) is 0. The molecule has 0 bridgehead atoms.